The zero-order valence-corrected chi connectivity index (χ0v) is 12.7. The van der Waals surface area contributed by atoms with Gasteiger partial charge >= 0.3 is 0 Å². The summed E-state index contributed by atoms with van der Waals surface area (Å²) in [5, 5.41) is 11.1. The summed E-state index contributed by atoms with van der Waals surface area (Å²) < 4.78 is 5.36. The van der Waals surface area contributed by atoms with Crippen molar-refractivity contribution in [1.82, 2.24) is 0 Å². The van der Waals surface area contributed by atoms with Gasteiger partial charge in [-0.25, -0.2) is 0 Å². The average molecular weight is 297 g/mol. The van der Waals surface area contributed by atoms with Crippen molar-refractivity contribution >= 4 is 23.2 Å². The van der Waals surface area contributed by atoms with E-state index in [4.69, 9.17) is 4.74 Å². The molecule has 1 heterocycles. The van der Waals surface area contributed by atoms with Crippen LogP contribution in [-0.2, 0) is 0 Å². The standard InChI is InChI=1S/C17H15NO2S/c1-3-20-15-6-4-13(5-7-15)10-14(11-18)16(19)17-12(2)8-9-21-17/h4-10H,3H2,1-2H3. The number of aryl methyl sites for hydroxylation is 1. The molecule has 2 aromatic rings. The van der Waals surface area contributed by atoms with Gasteiger partial charge in [0.05, 0.1) is 11.5 Å². The summed E-state index contributed by atoms with van der Waals surface area (Å²) in [6, 6.07) is 11.2. The second-order valence-corrected chi connectivity index (χ2v) is 5.35. The molecule has 21 heavy (non-hydrogen) atoms. The molecule has 1 aromatic heterocycles. The average Bonchev–Trinajstić information content (AvgIpc) is 2.92. The molecule has 0 bridgehead atoms. The number of thiophene rings is 1. The third kappa shape index (κ3) is 3.59. The summed E-state index contributed by atoms with van der Waals surface area (Å²) in [5.41, 5.74) is 1.85. The van der Waals surface area contributed by atoms with Crippen molar-refractivity contribution in [2.24, 2.45) is 0 Å². The van der Waals surface area contributed by atoms with Gasteiger partial charge in [0.2, 0.25) is 5.78 Å². The number of nitrogens with zero attached hydrogens (tertiary/aromatic N) is 1. The van der Waals surface area contributed by atoms with Crippen molar-refractivity contribution in [1.29, 1.82) is 5.26 Å². The molecule has 3 nitrogen and oxygen atoms in total. The molecule has 0 aliphatic carbocycles. The molecule has 0 unspecified atom stereocenters. The van der Waals surface area contributed by atoms with Gasteiger partial charge in [0.15, 0.2) is 0 Å². The highest BCUT2D eigenvalue weighted by atomic mass is 32.1. The number of hydrogen-bond donors (Lipinski definition) is 0. The lowest BCUT2D eigenvalue weighted by Gasteiger charge is -2.03. The fourth-order valence-electron chi connectivity index (χ4n) is 1.87. The number of carbonyl (C=O) groups excluding carboxylic acids is 1. The molecular formula is C17H15NO2S. The van der Waals surface area contributed by atoms with E-state index in [2.05, 4.69) is 0 Å². The molecule has 0 radical (unpaired) electrons. The van der Waals surface area contributed by atoms with E-state index in [1.165, 1.54) is 11.3 Å². The third-order valence-electron chi connectivity index (χ3n) is 2.94. The first-order chi connectivity index (χ1) is 10.2. The van der Waals surface area contributed by atoms with Gasteiger partial charge in [-0.2, -0.15) is 5.26 Å². The third-order valence-corrected chi connectivity index (χ3v) is 3.95. The van der Waals surface area contributed by atoms with E-state index in [0.29, 0.717) is 11.5 Å². The summed E-state index contributed by atoms with van der Waals surface area (Å²) in [5.74, 6) is 0.549. The van der Waals surface area contributed by atoms with E-state index in [-0.39, 0.29) is 11.4 Å². The summed E-state index contributed by atoms with van der Waals surface area (Å²) in [6.45, 7) is 4.40. The van der Waals surface area contributed by atoms with Gasteiger partial charge in [-0.05, 0) is 54.6 Å². The zero-order valence-electron chi connectivity index (χ0n) is 11.9. The highest BCUT2D eigenvalue weighted by Crippen LogP contribution is 2.21. The number of ether oxygens (including phenoxy) is 1. The summed E-state index contributed by atoms with van der Waals surface area (Å²) in [7, 11) is 0. The fourth-order valence-corrected chi connectivity index (χ4v) is 2.75. The number of nitriles is 1. The predicted molar refractivity (Wildman–Crippen MR) is 84.6 cm³/mol. The van der Waals surface area contributed by atoms with Crippen LogP contribution in [0.15, 0.2) is 41.3 Å². The van der Waals surface area contributed by atoms with Crippen LogP contribution in [0.3, 0.4) is 0 Å². The molecule has 0 aliphatic rings. The Balaban J connectivity index is 2.27. The second-order valence-electron chi connectivity index (χ2n) is 4.43. The molecule has 0 N–H and O–H groups in total. The molecule has 1 aromatic carbocycles. The van der Waals surface area contributed by atoms with Crippen LogP contribution >= 0.6 is 11.3 Å². The van der Waals surface area contributed by atoms with Gasteiger partial charge in [-0.15, -0.1) is 11.3 Å². The molecule has 0 fully saturated rings. The van der Waals surface area contributed by atoms with Crippen molar-refractivity contribution in [2.75, 3.05) is 6.61 Å². The molecule has 0 spiro atoms. The number of Topliss-reactive ketones (excluding diaryl/α,β-unsaturated/α-hetero) is 1. The summed E-state index contributed by atoms with van der Waals surface area (Å²) >= 11 is 1.36. The Bertz CT molecular complexity index is 705. The number of ketones is 1. The normalized spacial score (nSPS) is 11.0. The van der Waals surface area contributed by atoms with Crippen LogP contribution in [0.25, 0.3) is 6.08 Å². The Morgan fingerprint density at radius 1 is 1.33 bits per heavy atom. The smallest absolute Gasteiger partial charge is 0.213 e. The van der Waals surface area contributed by atoms with Gasteiger partial charge in [0, 0.05) is 0 Å². The van der Waals surface area contributed by atoms with Crippen LogP contribution in [-0.4, -0.2) is 12.4 Å². The number of hydrogen-bond acceptors (Lipinski definition) is 4. The molecule has 2 rings (SSSR count). The maximum Gasteiger partial charge on any atom is 0.213 e. The highest BCUT2D eigenvalue weighted by molar-refractivity contribution is 7.12. The van der Waals surface area contributed by atoms with Crippen LogP contribution in [0.1, 0.15) is 27.7 Å². The van der Waals surface area contributed by atoms with E-state index in [1.807, 2.05) is 55.6 Å². The van der Waals surface area contributed by atoms with Crippen LogP contribution in [0, 0.1) is 18.3 Å². The lowest BCUT2D eigenvalue weighted by Crippen LogP contribution is -2.01. The van der Waals surface area contributed by atoms with Gasteiger partial charge in [0.1, 0.15) is 17.4 Å². The molecule has 0 aliphatic heterocycles. The maximum absolute atomic E-state index is 12.3. The van der Waals surface area contributed by atoms with Gasteiger partial charge in [0.25, 0.3) is 0 Å². The van der Waals surface area contributed by atoms with Crippen molar-refractivity contribution in [2.45, 2.75) is 13.8 Å². The molecule has 0 atom stereocenters. The molecule has 0 saturated carbocycles. The summed E-state index contributed by atoms with van der Waals surface area (Å²) in [4.78, 5) is 12.9. The van der Waals surface area contributed by atoms with Gasteiger partial charge < -0.3 is 4.74 Å². The van der Waals surface area contributed by atoms with Crippen molar-refractivity contribution in [3.05, 3.63) is 57.3 Å². The topological polar surface area (TPSA) is 50.1 Å². The van der Waals surface area contributed by atoms with E-state index < -0.39 is 0 Å². The number of carbonyl (C=O) groups is 1. The second kappa shape index (κ2) is 6.87. The largest absolute Gasteiger partial charge is 0.494 e. The number of benzene rings is 1. The Morgan fingerprint density at radius 2 is 2.05 bits per heavy atom. The highest BCUT2D eigenvalue weighted by Gasteiger charge is 2.15. The SMILES string of the molecule is CCOc1ccc(C=C(C#N)C(=O)c2sccc2C)cc1. The Labute approximate surface area is 128 Å². The lowest BCUT2D eigenvalue weighted by atomic mass is 10.1. The minimum absolute atomic E-state index is 0.143. The first-order valence-corrected chi connectivity index (χ1v) is 7.47. The van der Waals surface area contributed by atoms with Crippen molar-refractivity contribution < 1.29 is 9.53 Å². The lowest BCUT2D eigenvalue weighted by molar-refractivity contribution is 0.104. The molecule has 4 heteroatoms. The molecule has 0 saturated heterocycles. The molecule has 0 amide bonds. The minimum Gasteiger partial charge on any atom is -0.494 e. The van der Waals surface area contributed by atoms with E-state index in [1.54, 1.807) is 6.08 Å². The van der Waals surface area contributed by atoms with E-state index in [9.17, 15) is 10.1 Å². The Morgan fingerprint density at radius 3 is 2.57 bits per heavy atom. The zero-order chi connectivity index (χ0) is 15.2. The van der Waals surface area contributed by atoms with Crippen LogP contribution in [0.4, 0.5) is 0 Å². The van der Waals surface area contributed by atoms with Crippen LogP contribution < -0.4 is 4.74 Å². The minimum atomic E-state index is -0.223. The van der Waals surface area contributed by atoms with Gasteiger partial charge in [-0.1, -0.05) is 12.1 Å². The molecular weight excluding hydrogens is 282 g/mol. The van der Waals surface area contributed by atoms with Crippen molar-refractivity contribution in [3.63, 3.8) is 0 Å². The first-order valence-electron chi connectivity index (χ1n) is 6.59. The quantitative estimate of drug-likeness (QED) is 0.471. The van der Waals surface area contributed by atoms with E-state index in [0.717, 1.165) is 16.9 Å². The van der Waals surface area contributed by atoms with Crippen molar-refractivity contribution in [3.8, 4) is 11.8 Å². The fraction of sp³-hybridized carbons (Fsp3) is 0.176. The van der Waals surface area contributed by atoms with Gasteiger partial charge in [-0.3, -0.25) is 4.79 Å². The molecule has 106 valence electrons. The number of rotatable bonds is 5. The summed E-state index contributed by atoms with van der Waals surface area (Å²) in [6.07, 6.45) is 1.61. The first kappa shape index (κ1) is 15.0. The van der Waals surface area contributed by atoms with E-state index >= 15 is 0 Å². The van der Waals surface area contributed by atoms with Crippen LogP contribution in [0.5, 0.6) is 5.75 Å². The van der Waals surface area contributed by atoms with Crippen LogP contribution in [0.2, 0.25) is 0 Å². The Kier molecular flexibility index (Phi) is 4.91. The number of allylic oxidation sites excluding steroid dienone is 1. The Hall–Kier alpha value is -2.38. The monoisotopic (exact) mass is 297 g/mol. The predicted octanol–water partition coefficient (Wildman–Crippen LogP) is 4.25. The maximum atomic E-state index is 12.3.